The standard InChI is InChI=1S/C36H37N7O6/c1-42(2)32-30-33(38-19-37-32)43(20-39-30)35-31(45)29(28(17-44)49-35)41-34(46)27(16-21-10-4-3-5-11-21)40-36(47)48-18-26-24-14-8-6-12-22(24)23-13-7-9-15-25(23)26/h3-15,19-20,26-29,31,35,44-45H,16-18H2,1-2H3,(H,40,47)(H,41,46)/t27-,28+,29+,31+,35+/m0/s1. The molecule has 2 aliphatic rings. The highest BCUT2D eigenvalue weighted by Crippen LogP contribution is 2.44. The number of nitrogens with zero attached hydrogens (tertiary/aromatic N) is 5. The molecule has 2 amide bonds. The molecule has 49 heavy (non-hydrogen) atoms. The molecule has 0 radical (unpaired) electrons. The van der Waals surface area contributed by atoms with Crippen LogP contribution < -0.4 is 15.5 Å². The number of aliphatic hydroxyl groups excluding tert-OH is 2. The fraction of sp³-hybridized carbons (Fsp3) is 0.306. The first-order chi connectivity index (χ1) is 23.8. The molecule has 13 nitrogen and oxygen atoms in total. The average Bonchev–Trinajstić information content (AvgIpc) is 3.79. The first-order valence-corrected chi connectivity index (χ1v) is 16.1. The van der Waals surface area contributed by atoms with Crippen molar-refractivity contribution in [3.8, 4) is 11.1 Å². The number of anilines is 1. The van der Waals surface area contributed by atoms with Gasteiger partial charge in [-0.15, -0.1) is 0 Å². The van der Waals surface area contributed by atoms with Gasteiger partial charge in [-0.05, 0) is 27.8 Å². The van der Waals surface area contributed by atoms with Crippen LogP contribution in [-0.2, 0) is 20.7 Å². The number of benzene rings is 3. The summed E-state index contributed by atoms with van der Waals surface area (Å²) in [6.07, 6.45) is -0.978. The topological polar surface area (TPSA) is 164 Å². The van der Waals surface area contributed by atoms with E-state index in [-0.39, 0.29) is 18.9 Å². The van der Waals surface area contributed by atoms with E-state index in [9.17, 15) is 19.8 Å². The summed E-state index contributed by atoms with van der Waals surface area (Å²) < 4.78 is 13.4. The fourth-order valence-electron chi connectivity index (χ4n) is 6.77. The van der Waals surface area contributed by atoms with Gasteiger partial charge in [0.15, 0.2) is 23.2 Å². The van der Waals surface area contributed by atoms with Crippen molar-refractivity contribution in [3.63, 3.8) is 0 Å². The molecule has 0 bridgehead atoms. The van der Waals surface area contributed by atoms with Crippen LogP contribution in [0.5, 0.6) is 0 Å². The van der Waals surface area contributed by atoms with E-state index < -0.39 is 49.1 Å². The second kappa shape index (κ2) is 13.6. The summed E-state index contributed by atoms with van der Waals surface area (Å²) in [5.41, 5.74) is 6.10. The molecule has 1 fully saturated rings. The van der Waals surface area contributed by atoms with Crippen LogP contribution in [0.3, 0.4) is 0 Å². The van der Waals surface area contributed by atoms with Crippen LogP contribution in [0.1, 0.15) is 28.8 Å². The lowest BCUT2D eigenvalue weighted by molar-refractivity contribution is -0.124. The van der Waals surface area contributed by atoms with Crippen LogP contribution in [0.25, 0.3) is 22.3 Å². The van der Waals surface area contributed by atoms with Crippen LogP contribution in [0, 0.1) is 0 Å². The summed E-state index contributed by atoms with van der Waals surface area (Å²) in [7, 11) is 3.66. The monoisotopic (exact) mass is 663 g/mol. The number of imidazole rings is 1. The van der Waals surface area contributed by atoms with Crippen molar-refractivity contribution in [3.05, 3.63) is 108 Å². The van der Waals surface area contributed by atoms with Gasteiger partial charge in [-0.3, -0.25) is 9.36 Å². The quantitative estimate of drug-likeness (QED) is 0.175. The zero-order valence-electron chi connectivity index (χ0n) is 27.0. The normalized spacial score (nSPS) is 20.4. The molecule has 7 rings (SSSR count). The fourth-order valence-corrected chi connectivity index (χ4v) is 6.77. The maximum atomic E-state index is 13.9. The Bertz CT molecular complexity index is 1920. The smallest absolute Gasteiger partial charge is 0.407 e. The molecule has 5 atom stereocenters. The Hall–Kier alpha value is -5.37. The predicted molar refractivity (Wildman–Crippen MR) is 181 cm³/mol. The largest absolute Gasteiger partial charge is 0.449 e. The van der Waals surface area contributed by atoms with Crippen molar-refractivity contribution >= 4 is 29.0 Å². The molecule has 252 valence electrons. The van der Waals surface area contributed by atoms with Crippen molar-refractivity contribution in [1.29, 1.82) is 0 Å². The SMILES string of the molecule is CN(C)c1ncnc2c1ncn2[C@@H]1O[C@H](CO)[C@@H](NC(=O)[C@H](Cc2ccccc2)NC(=O)OCC2c3ccccc3-c3ccccc32)[C@H]1O. The number of fused-ring (bicyclic) bond motifs is 4. The van der Waals surface area contributed by atoms with Gasteiger partial charge in [0.25, 0.3) is 0 Å². The highest BCUT2D eigenvalue weighted by Gasteiger charge is 2.46. The number of rotatable bonds is 10. The van der Waals surface area contributed by atoms with Crippen LogP contribution >= 0.6 is 0 Å². The van der Waals surface area contributed by atoms with Gasteiger partial charge in [-0.1, -0.05) is 78.9 Å². The van der Waals surface area contributed by atoms with Crippen molar-refractivity contribution in [1.82, 2.24) is 30.2 Å². The van der Waals surface area contributed by atoms with Gasteiger partial charge in [0.1, 0.15) is 31.2 Å². The van der Waals surface area contributed by atoms with E-state index in [1.807, 2.05) is 80.8 Å². The Kier molecular flexibility index (Phi) is 8.95. The third-order valence-electron chi connectivity index (χ3n) is 9.14. The first-order valence-electron chi connectivity index (χ1n) is 16.1. The number of aliphatic hydroxyl groups is 2. The first kappa shape index (κ1) is 32.2. The molecular formula is C36H37N7O6. The van der Waals surface area contributed by atoms with Gasteiger partial charge < -0.3 is 35.2 Å². The van der Waals surface area contributed by atoms with Gasteiger partial charge in [-0.25, -0.2) is 19.7 Å². The number of ether oxygens (including phenoxy) is 2. The van der Waals surface area contributed by atoms with E-state index in [0.29, 0.717) is 17.0 Å². The molecule has 4 N–H and O–H groups in total. The van der Waals surface area contributed by atoms with Crippen LogP contribution in [0.4, 0.5) is 10.6 Å². The Labute approximate surface area is 282 Å². The number of hydrogen-bond acceptors (Lipinski definition) is 10. The van der Waals surface area contributed by atoms with E-state index >= 15 is 0 Å². The molecule has 3 aromatic carbocycles. The lowest BCUT2D eigenvalue weighted by Gasteiger charge is -2.25. The number of alkyl carbamates (subject to hydrolysis) is 1. The minimum absolute atomic E-state index is 0.0843. The molecule has 5 aromatic rings. The van der Waals surface area contributed by atoms with Crippen molar-refractivity contribution in [2.45, 2.75) is 42.9 Å². The van der Waals surface area contributed by atoms with Gasteiger partial charge in [0, 0.05) is 26.4 Å². The summed E-state index contributed by atoms with van der Waals surface area (Å²) in [5.74, 6) is -0.134. The molecule has 2 aromatic heterocycles. The lowest BCUT2D eigenvalue weighted by Crippen LogP contribution is -2.55. The summed E-state index contributed by atoms with van der Waals surface area (Å²) in [6, 6.07) is 23.3. The molecule has 1 aliphatic carbocycles. The number of amides is 2. The molecule has 1 aliphatic heterocycles. The van der Waals surface area contributed by atoms with E-state index in [4.69, 9.17) is 9.47 Å². The molecule has 0 saturated carbocycles. The summed E-state index contributed by atoms with van der Waals surface area (Å²) in [4.78, 5) is 42.0. The molecule has 0 unspecified atom stereocenters. The third-order valence-corrected chi connectivity index (χ3v) is 9.14. The lowest BCUT2D eigenvalue weighted by atomic mass is 9.98. The van der Waals surface area contributed by atoms with Crippen molar-refractivity contribution < 1.29 is 29.3 Å². The van der Waals surface area contributed by atoms with E-state index in [1.165, 1.54) is 12.7 Å². The molecule has 1 saturated heterocycles. The summed E-state index contributed by atoms with van der Waals surface area (Å²) in [6.45, 7) is -0.396. The maximum absolute atomic E-state index is 13.9. The number of aromatic nitrogens is 4. The highest BCUT2D eigenvalue weighted by molar-refractivity contribution is 5.86. The van der Waals surface area contributed by atoms with Gasteiger partial charge in [-0.2, -0.15) is 0 Å². The molecular weight excluding hydrogens is 626 g/mol. The minimum atomic E-state index is -1.29. The second-order valence-corrected chi connectivity index (χ2v) is 12.4. The van der Waals surface area contributed by atoms with Gasteiger partial charge >= 0.3 is 6.09 Å². The number of nitrogens with one attached hydrogen (secondary N) is 2. The number of hydrogen-bond donors (Lipinski definition) is 4. The Balaban J connectivity index is 1.08. The summed E-state index contributed by atoms with van der Waals surface area (Å²) in [5, 5.41) is 27.2. The van der Waals surface area contributed by atoms with E-state index in [1.54, 1.807) is 9.47 Å². The van der Waals surface area contributed by atoms with Gasteiger partial charge in [0.2, 0.25) is 5.91 Å². The van der Waals surface area contributed by atoms with Gasteiger partial charge in [0.05, 0.1) is 19.0 Å². The van der Waals surface area contributed by atoms with Crippen molar-refractivity contribution in [2.24, 2.45) is 0 Å². The molecule has 13 heteroatoms. The van der Waals surface area contributed by atoms with Crippen molar-refractivity contribution in [2.75, 3.05) is 32.2 Å². The van der Waals surface area contributed by atoms with E-state index in [0.717, 1.165) is 27.8 Å². The Morgan fingerprint density at radius 1 is 0.959 bits per heavy atom. The minimum Gasteiger partial charge on any atom is -0.449 e. The Morgan fingerprint density at radius 3 is 2.31 bits per heavy atom. The average molecular weight is 664 g/mol. The van der Waals surface area contributed by atoms with Crippen LogP contribution in [0.15, 0.2) is 91.5 Å². The third kappa shape index (κ3) is 6.19. The Morgan fingerprint density at radius 2 is 1.63 bits per heavy atom. The molecule has 0 spiro atoms. The van der Waals surface area contributed by atoms with Crippen LogP contribution in [0.2, 0.25) is 0 Å². The highest BCUT2D eigenvalue weighted by atomic mass is 16.6. The maximum Gasteiger partial charge on any atom is 0.407 e. The zero-order valence-corrected chi connectivity index (χ0v) is 27.0. The second-order valence-electron chi connectivity index (χ2n) is 12.4. The van der Waals surface area contributed by atoms with Crippen LogP contribution in [-0.4, -0.2) is 93.3 Å². The predicted octanol–water partition coefficient (Wildman–Crippen LogP) is 2.78. The molecule has 3 heterocycles. The zero-order chi connectivity index (χ0) is 34.1. The number of carbonyl (C=O) groups excluding carboxylic acids is 2. The van der Waals surface area contributed by atoms with E-state index in [2.05, 4.69) is 37.7 Å². The number of carbonyl (C=O) groups is 2. The summed E-state index contributed by atoms with van der Waals surface area (Å²) >= 11 is 0.